The van der Waals surface area contributed by atoms with Gasteiger partial charge in [0.15, 0.2) is 0 Å². The first-order valence-electron chi connectivity index (χ1n) is 6.51. The standard InChI is InChI=1S/C14H19N3O2S/c1-14(16,9-6-7-9)13(19)17-10-4-2-3-5-11(10)20-8-12(15)18/h2-5,9H,6-8,16H2,1H3,(H2,15,18)(H,17,19). The fourth-order valence-electron chi connectivity index (χ4n) is 1.97. The van der Waals surface area contributed by atoms with Crippen LogP contribution in [0, 0.1) is 5.92 Å². The van der Waals surface area contributed by atoms with Gasteiger partial charge < -0.3 is 16.8 Å². The van der Waals surface area contributed by atoms with E-state index in [4.69, 9.17) is 11.5 Å². The maximum absolute atomic E-state index is 12.3. The van der Waals surface area contributed by atoms with Crippen LogP contribution in [0.3, 0.4) is 0 Å². The van der Waals surface area contributed by atoms with Crippen molar-refractivity contribution in [2.24, 2.45) is 17.4 Å². The topological polar surface area (TPSA) is 98.2 Å². The lowest BCUT2D eigenvalue weighted by atomic mass is 9.96. The number of para-hydroxylation sites is 1. The number of hydrogen-bond donors (Lipinski definition) is 3. The molecule has 5 nitrogen and oxygen atoms in total. The second kappa shape index (κ2) is 5.85. The first-order valence-corrected chi connectivity index (χ1v) is 7.50. The smallest absolute Gasteiger partial charge is 0.244 e. The summed E-state index contributed by atoms with van der Waals surface area (Å²) < 4.78 is 0. The fraction of sp³-hybridized carbons (Fsp3) is 0.429. The molecule has 0 saturated heterocycles. The number of rotatable bonds is 6. The minimum absolute atomic E-state index is 0.176. The molecule has 2 amide bonds. The Balaban J connectivity index is 2.08. The van der Waals surface area contributed by atoms with Crippen molar-refractivity contribution in [3.8, 4) is 0 Å². The summed E-state index contributed by atoms with van der Waals surface area (Å²) in [5, 5.41) is 2.86. The molecule has 1 aliphatic rings. The molecule has 1 unspecified atom stereocenters. The fourth-order valence-corrected chi connectivity index (χ4v) is 2.72. The summed E-state index contributed by atoms with van der Waals surface area (Å²) in [6.45, 7) is 1.76. The molecular formula is C14H19N3O2S. The number of nitrogens with two attached hydrogens (primary N) is 2. The number of carbonyl (C=O) groups is 2. The monoisotopic (exact) mass is 293 g/mol. The highest BCUT2D eigenvalue weighted by molar-refractivity contribution is 8.00. The molecule has 20 heavy (non-hydrogen) atoms. The molecule has 2 rings (SSSR count). The van der Waals surface area contributed by atoms with Gasteiger partial charge in [-0.1, -0.05) is 12.1 Å². The number of amides is 2. The van der Waals surface area contributed by atoms with E-state index in [2.05, 4.69) is 5.32 Å². The highest BCUT2D eigenvalue weighted by Crippen LogP contribution is 2.39. The van der Waals surface area contributed by atoms with Crippen LogP contribution in [0.2, 0.25) is 0 Å². The number of anilines is 1. The highest BCUT2D eigenvalue weighted by atomic mass is 32.2. The summed E-state index contributed by atoms with van der Waals surface area (Å²) in [7, 11) is 0. The van der Waals surface area contributed by atoms with E-state index in [0.29, 0.717) is 5.69 Å². The van der Waals surface area contributed by atoms with Crippen LogP contribution in [0.15, 0.2) is 29.2 Å². The first kappa shape index (κ1) is 14.9. The highest BCUT2D eigenvalue weighted by Gasteiger charge is 2.44. The minimum atomic E-state index is -0.846. The van der Waals surface area contributed by atoms with Crippen LogP contribution in [0.1, 0.15) is 19.8 Å². The molecule has 0 spiro atoms. The van der Waals surface area contributed by atoms with Gasteiger partial charge in [0.05, 0.1) is 17.0 Å². The number of benzene rings is 1. The largest absolute Gasteiger partial charge is 0.369 e. The number of primary amides is 1. The van der Waals surface area contributed by atoms with Crippen LogP contribution >= 0.6 is 11.8 Å². The predicted octanol–water partition coefficient (Wildman–Crippen LogP) is 1.33. The molecule has 1 aliphatic carbocycles. The molecule has 108 valence electrons. The normalized spacial score (nSPS) is 17.3. The zero-order chi connectivity index (χ0) is 14.8. The van der Waals surface area contributed by atoms with E-state index in [1.54, 1.807) is 13.0 Å². The Kier molecular flexibility index (Phi) is 4.35. The molecule has 1 fully saturated rings. The van der Waals surface area contributed by atoms with Crippen molar-refractivity contribution in [2.75, 3.05) is 11.1 Å². The molecule has 0 aromatic heterocycles. The average Bonchev–Trinajstić information content (AvgIpc) is 3.22. The Morgan fingerprint density at radius 2 is 2.05 bits per heavy atom. The van der Waals surface area contributed by atoms with Crippen molar-refractivity contribution in [1.82, 2.24) is 0 Å². The van der Waals surface area contributed by atoms with Crippen LogP contribution in [0.4, 0.5) is 5.69 Å². The molecule has 1 saturated carbocycles. The number of hydrogen-bond acceptors (Lipinski definition) is 4. The summed E-state index contributed by atoms with van der Waals surface area (Å²) in [5.74, 6) is -0.145. The second-order valence-electron chi connectivity index (χ2n) is 5.26. The molecule has 0 radical (unpaired) electrons. The van der Waals surface area contributed by atoms with Crippen LogP contribution in [-0.2, 0) is 9.59 Å². The molecule has 0 heterocycles. The Morgan fingerprint density at radius 3 is 2.65 bits per heavy atom. The van der Waals surface area contributed by atoms with Gasteiger partial charge >= 0.3 is 0 Å². The summed E-state index contributed by atoms with van der Waals surface area (Å²) in [6.07, 6.45) is 2.00. The van der Waals surface area contributed by atoms with Gasteiger partial charge in [-0.15, -0.1) is 11.8 Å². The molecule has 6 heteroatoms. The molecule has 0 bridgehead atoms. The second-order valence-corrected chi connectivity index (χ2v) is 6.28. The Labute approximate surface area is 122 Å². The number of thioether (sulfide) groups is 1. The summed E-state index contributed by atoms with van der Waals surface area (Å²) in [4.78, 5) is 23.9. The number of nitrogens with one attached hydrogen (secondary N) is 1. The predicted molar refractivity (Wildman–Crippen MR) is 80.3 cm³/mol. The van der Waals surface area contributed by atoms with Crippen molar-refractivity contribution in [3.05, 3.63) is 24.3 Å². The maximum atomic E-state index is 12.3. The van der Waals surface area contributed by atoms with Gasteiger partial charge in [0.1, 0.15) is 0 Å². The van der Waals surface area contributed by atoms with E-state index in [9.17, 15) is 9.59 Å². The van der Waals surface area contributed by atoms with Crippen molar-refractivity contribution in [3.63, 3.8) is 0 Å². The van der Waals surface area contributed by atoms with Gasteiger partial charge in [0.2, 0.25) is 11.8 Å². The molecule has 1 aromatic rings. The Bertz CT molecular complexity index is 527. The van der Waals surface area contributed by atoms with Gasteiger partial charge in [-0.05, 0) is 37.8 Å². The van der Waals surface area contributed by atoms with Crippen LogP contribution in [-0.4, -0.2) is 23.1 Å². The third-order valence-corrected chi connectivity index (χ3v) is 4.52. The lowest BCUT2D eigenvalue weighted by Crippen LogP contribution is -2.50. The van der Waals surface area contributed by atoms with Gasteiger partial charge in [0.25, 0.3) is 0 Å². The van der Waals surface area contributed by atoms with Crippen LogP contribution in [0.5, 0.6) is 0 Å². The first-order chi connectivity index (χ1) is 9.41. The van der Waals surface area contributed by atoms with E-state index in [1.165, 1.54) is 11.8 Å². The van der Waals surface area contributed by atoms with Gasteiger partial charge in [0, 0.05) is 4.90 Å². The Hall–Kier alpha value is -1.53. The van der Waals surface area contributed by atoms with E-state index in [-0.39, 0.29) is 17.6 Å². The van der Waals surface area contributed by atoms with Crippen molar-refractivity contribution >= 4 is 29.3 Å². The van der Waals surface area contributed by atoms with E-state index < -0.39 is 11.4 Å². The SMILES string of the molecule is CC(N)(C(=O)Nc1ccccc1SCC(N)=O)C1CC1. The Morgan fingerprint density at radius 1 is 1.40 bits per heavy atom. The van der Waals surface area contributed by atoms with E-state index >= 15 is 0 Å². The van der Waals surface area contributed by atoms with Crippen LogP contribution in [0.25, 0.3) is 0 Å². The summed E-state index contributed by atoms with van der Waals surface area (Å²) in [5.41, 5.74) is 11.1. The lowest BCUT2D eigenvalue weighted by Gasteiger charge is -2.23. The molecule has 1 atom stereocenters. The summed E-state index contributed by atoms with van der Waals surface area (Å²) >= 11 is 1.30. The molecule has 0 aliphatic heterocycles. The quantitative estimate of drug-likeness (QED) is 0.689. The van der Waals surface area contributed by atoms with Crippen molar-refractivity contribution in [2.45, 2.75) is 30.2 Å². The van der Waals surface area contributed by atoms with Crippen molar-refractivity contribution in [1.29, 1.82) is 0 Å². The molecule has 1 aromatic carbocycles. The average molecular weight is 293 g/mol. The number of carbonyl (C=O) groups excluding carboxylic acids is 2. The van der Waals surface area contributed by atoms with Gasteiger partial charge in [-0.25, -0.2) is 0 Å². The van der Waals surface area contributed by atoms with Gasteiger partial charge in [-0.2, -0.15) is 0 Å². The van der Waals surface area contributed by atoms with Gasteiger partial charge in [-0.3, -0.25) is 9.59 Å². The lowest BCUT2D eigenvalue weighted by molar-refractivity contribution is -0.121. The maximum Gasteiger partial charge on any atom is 0.244 e. The van der Waals surface area contributed by atoms with Crippen molar-refractivity contribution < 1.29 is 9.59 Å². The third-order valence-electron chi connectivity index (χ3n) is 3.42. The molecule has 5 N–H and O–H groups in total. The van der Waals surface area contributed by atoms with E-state index in [0.717, 1.165) is 17.7 Å². The zero-order valence-corrected chi connectivity index (χ0v) is 12.2. The minimum Gasteiger partial charge on any atom is -0.369 e. The van der Waals surface area contributed by atoms with E-state index in [1.807, 2.05) is 18.2 Å². The third kappa shape index (κ3) is 3.52. The van der Waals surface area contributed by atoms with Crippen LogP contribution < -0.4 is 16.8 Å². The molecular weight excluding hydrogens is 274 g/mol. The summed E-state index contributed by atoms with van der Waals surface area (Å²) in [6, 6.07) is 7.31. The zero-order valence-electron chi connectivity index (χ0n) is 11.4.